The van der Waals surface area contributed by atoms with Crippen LogP contribution in [-0.4, -0.2) is 32.1 Å². The van der Waals surface area contributed by atoms with Crippen LogP contribution in [0.25, 0.3) is 10.9 Å². The first-order chi connectivity index (χ1) is 12.1. The van der Waals surface area contributed by atoms with Crippen molar-refractivity contribution in [2.24, 2.45) is 13.0 Å². The van der Waals surface area contributed by atoms with Crippen LogP contribution in [0.15, 0.2) is 36.7 Å². The van der Waals surface area contributed by atoms with E-state index in [0.717, 1.165) is 19.4 Å². The first-order valence-electron chi connectivity index (χ1n) is 9.02. The third kappa shape index (κ3) is 2.22. The van der Waals surface area contributed by atoms with Gasteiger partial charge in [0.2, 0.25) is 5.91 Å². The molecular weight excluding hydrogens is 312 g/mol. The molecule has 0 bridgehead atoms. The zero-order valence-corrected chi connectivity index (χ0v) is 14.6. The van der Waals surface area contributed by atoms with Gasteiger partial charge in [-0.1, -0.05) is 18.2 Å². The van der Waals surface area contributed by atoms with Crippen LogP contribution in [-0.2, 0) is 18.3 Å². The number of carbonyl (C=O) groups is 1. The van der Waals surface area contributed by atoms with Crippen LogP contribution in [0.2, 0.25) is 0 Å². The fourth-order valence-electron chi connectivity index (χ4n) is 4.41. The fourth-order valence-corrected chi connectivity index (χ4v) is 4.41. The van der Waals surface area contributed by atoms with E-state index in [1.165, 1.54) is 27.7 Å². The number of amides is 1. The predicted molar refractivity (Wildman–Crippen MR) is 96.2 cm³/mol. The molecule has 1 N–H and O–H groups in total. The molecule has 1 aromatic carbocycles. The van der Waals surface area contributed by atoms with E-state index in [1.54, 1.807) is 0 Å². The quantitative estimate of drug-likeness (QED) is 0.783. The number of hydrogen-bond donors (Lipinski definition) is 1. The molecule has 0 saturated heterocycles. The lowest BCUT2D eigenvalue weighted by Crippen LogP contribution is -2.39. The van der Waals surface area contributed by atoms with Crippen molar-refractivity contribution < 1.29 is 4.79 Å². The van der Waals surface area contributed by atoms with Gasteiger partial charge in [-0.05, 0) is 42.9 Å². The Bertz CT molecular complexity index is 969. The Morgan fingerprint density at radius 2 is 2.16 bits per heavy atom. The summed E-state index contributed by atoms with van der Waals surface area (Å²) in [5, 5.41) is 5.54. The van der Waals surface area contributed by atoms with Gasteiger partial charge < -0.3 is 9.88 Å². The molecule has 2 aromatic heterocycles. The van der Waals surface area contributed by atoms with Crippen molar-refractivity contribution in [2.75, 3.05) is 6.54 Å². The minimum atomic E-state index is 0.110. The third-order valence-corrected chi connectivity index (χ3v) is 5.88. The van der Waals surface area contributed by atoms with Crippen molar-refractivity contribution in [3.05, 3.63) is 53.5 Å². The molecule has 1 saturated carbocycles. The predicted octanol–water partition coefficient (Wildman–Crippen LogP) is 3.15. The number of aryl methyl sites for hydroxylation is 1. The summed E-state index contributed by atoms with van der Waals surface area (Å²) >= 11 is 0. The molecule has 5 nitrogen and oxygen atoms in total. The first-order valence-corrected chi connectivity index (χ1v) is 9.02. The number of benzene rings is 1. The number of carbonyl (C=O) groups excluding carboxylic acids is 1. The summed E-state index contributed by atoms with van der Waals surface area (Å²) in [7, 11) is 1.92. The molecular formula is C20H22N4O. The smallest absolute Gasteiger partial charge is 0.226 e. The van der Waals surface area contributed by atoms with E-state index in [1.807, 2.05) is 24.1 Å². The lowest BCUT2D eigenvalue weighted by molar-refractivity contribution is -0.135. The molecule has 1 aliphatic carbocycles. The zero-order valence-electron chi connectivity index (χ0n) is 14.6. The van der Waals surface area contributed by atoms with E-state index >= 15 is 0 Å². The monoisotopic (exact) mass is 334 g/mol. The second-order valence-corrected chi connectivity index (χ2v) is 7.42. The van der Waals surface area contributed by atoms with Gasteiger partial charge in [0.25, 0.3) is 0 Å². The molecule has 0 radical (unpaired) electrons. The number of nitrogens with one attached hydrogen (secondary N) is 1. The SMILES string of the molecule is C[C@@H]1c2[nH]c3ccccc3c2CCN1C(=O)[C@H]1C[C@@H]1c1cnn(C)c1. The van der Waals surface area contributed by atoms with Crippen molar-refractivity contribution in [2.45, 2.75) is 31.7 Å². The zero-order chi connectivity index (χ0) is 17.1. The van der Waals surface area contributed by atoms with Gasteiger partial charge in [-0.15, -0.1) is 0 Å². The van der Waals surface area contributed by atoms with Crippen LogP contribution in [0.3, 0.4) is 0 Å². The number of rotatable bonds is 2. The molecule has 1 aliphatic heterocycles. The van der Waals surface area contributed by atoms with Gasteiger partial charge >= 0.3 is 0 Å². The van der Waals surface area contributed by atoms with E-state index in [2.05, 4.69) is 46.2 Å². The number of fused-ring (bicyclic) bond motifs is 3. The standard InChI is InChI=1S/C20H22N4O/c1-12-19-15(14-5-3-4-6-18(14)22-19)7-8-24(12)20(25)17-9-16(17)13-10-21-23(2)11-13/h3-6,10-12,16-17,22H,7-9H2,1-2H3/t12-,16-,17+/m1/s1. The molecule has 0 spiro atoms. The van der Waals surface area contributed by atoms with Crippen molar-refractivity contribution >= 4 is 16.8 Å². The Hall–Kier alpha value is -2.56. The summed E-state index contributed by atoms with van der Waals surface area (Å²) in [6.07, 6.45) is 5.81. The lowest BCUT2D eigenvalue weighted by Gasteiger charge is -2.34. The van der Waals surface area contributed by atoms with E-state index in [4.69, 9.17) is 0 Å². The highest BCUT2D eigenvalue weighted by molar-refractivity contribution is 5.87. The van der Waals surface area contributed by atoms with Crippen LogP contribution in [0, 0.1) is 5.92 Å². The number of nitrogens with zero attached hydrogens (tertiary/aromatic N) is 3. The Kier molecular flexibility index (Phi) is 3.08. The fraction of sp³-hybridized carbons (Fsp3) is 0.400. The van der Waals surface area contributed by atoms with Crippen LogP contribution < -0.4 is 0 Å². The summed E-state index contributed by atoms with van der Waals surface area (Å²) in [5.74, 6) is 0.765. The minimum Gasteiger partial charge on any atom is -0.356 e. The lowest BCUT2D eigenvalue weighted by atomic mass is 9.97. The number of para-hydroxylation sites is 1. The second-order valence-electron chi connectivity index (χ2n) is 7.42. The molecule has 1 fully saturated rings. The van der Waals surface area contributed by atoms with Gasteiger partial charge in [-0.2, -0.15) is 5.10 Å². The van der Waals surface area contributed by atoms with Crippen LogP contribution in [0.1, 0.15) is 42.1 Å². The molecule has 3 atom stereocenters. The maximum atomic E-state index is 13.1. The molecule has 25 heavy (non-hydrogen) atoms. The first kappa shape index (κ1) is 14.8. The maximum absolute atomic E-state index is 13.1. The average molecular weight is 334 g/mol. The molecule has 1 amide bonds. The number of aromatic amines is 1. The van der Waals surface area contributed by atoms with E-state index in [0.29, 0.717) is 11.8 Å². The van der Waals surface area contributed by atoms with Crippen molar-refractivity contribution in [1.29, 1.82) is 0 Å². The Morgan fingerprint density at radius 3 is 2.96 bits per heavy atom. The van der Waals surface area contributed by atoms with Gasteiger partial charge in [0.15, 0.2) is 0 Å². The van der Waals surface area contributed by atoms with Gasteiger partial charge in [-0.3, -0.25) is 9.48 Å². The molecule has 2 aliphatic rings. The van der Waals surface area contributed by atoms with E-state index in [9.17, 15) is 4.79 Å². The highest BCUT2D eigenvalue weighted by Crippen LogP contribution is 2.49. The molecule has 0 unspecified atom stereocenters. The molecule has 3 heterocycles. The summed E-state index contributed by atoms with van der Waals surface area (Å²) < 4.78 is 1.81. The summed E-state index contributed by atoms with van der Waals surface area (Å²) in [4.78, 5) is 18.7. The molecule has 5 rings (SSSR count). The van der Waals surface area contributed by atoms with E-state index < -0.39 is 0 Å². The average Bonchev–Trinajstić information content (AvgIpc) is 3.15. The molecule has 3 aromatic rings. The Balaban J connectivity index is 1.40. The van der Waals surface area contributed by atoms with Crippen molar-refractivity contribution in [1.82, 2.24) is 19.7 Å². The third-order valence-electron chi connectivity index (χ3n) is 5.88. The molecule has 128 valence electrons. The second kappa shape index (κ2) is 5.22. The summed E-state index contributed by atoms with van der Waals surface area (Å²) in [6, 6.07) is 8.54. The summed E-state index contributed by atoms with van der Waals surface area (Å²) in [5.41, 5.74) is 4.95. The van der Waals surface area contributed by atoms with Crippen LogP contribution in [0.5, 0.6) is 0 Å². The highest BCUT2D eigenvalue weighted by Gasteiger charge is 2.47. The Labute approximate surface area is 146 Å². The van der Waals surface area contributed by atoms with Gasteiger partial charge in [0.05, 0.1) is 12.2 Å². The van der Waals surface area contributed by atoms with Gasteiger partial charge in [0.1, 0.15) is 0 Å². The largest absolute Gasteiger partial charge is 0.356 e. The normalized spacial score (nSPS) is 25.2. The maximum Gasteiger partial charge on any atom is 0.226 e. The Morgan fingerprint density at radius 1 is 1.32 bits per heavy atom. The summed E-state index contributed by atoms with van der Waals surface area (Å²) in [6.45, 7) is 2.96. The number of hydrogen-bond acceptors (Lipinski definition) is 2. The highest BCUT2D eigenvalue weighted by atomic mass is 16.2. The van der Waals surface area contributed by atoms with Crippen molar-refractivity contribution in [3.63, 3.8) is 0 Å². The van der Waals surface area contributed by atoms with Crippen LogP contribution >= 0.6 is 0 Å². The molecule has 5 heteroatoms. The minimum absolute atomic E-state index is 0.110. The van der Waals surface area contributed by atoms with Gasteiger partial charge in [0, 0.05) is 42.3 Å². The number of H-pyrrole nitrogens is 1. The van der Waals surface area contributed by atoms with Crippen LogP contribution in [0.4, 0.5) is 0 Å². The number of aromatic nitrogens is 3. The topological polar surface area (TPSA) is 53.9 Å². The van der Waals surface area contributed by atoms with Crippen molar-refractivity contribution in [3.8, 4) is 0 Å². The van der Waals surface area contributed by atoms with E-state index in [-0.39, 0.29) is 12.0 Å². The van der Waals surface area contributed by atoms with Gasteiger partial charge in [-0.25, -0.2) is 0 Å².